The molecule has 136 valence electrons. The lowest BCUT2D eigenvalue weighted by atomic mass is 10.2. The topological polar surface area (TPSA) is 45.2 Å². The molecule has 0 radical (unpaired) electrons. The summed E-state index contributed by atoms with van der Waals surface area (Å²) in [5.41, 5.74) is 3.89. The number of piperazine rings is 1. The fourth-order valence-electron chi connectivity index (χ4n) is 3.51. The Kier molecular flexibility index (Phi) is 4.10. The van der Waals surface area contributed by atoms with E-state index in [0.29, 0.717) is 0 Å². The minimum Gasteiger partial charge on any atom is -0.352 e. The molecule has 1 aliphatic rings. The highest BCUT2D eigenvalue weighted by atomic mass is 35.5. The maximum atomic E-state index is 6.10. The lowest BCUT2D eigenvalue weighted by molar-refractivity contribution is 0.644. The van der Waals surface area contributed by atoms with Gasteiger partial charge in [-0.1, -0.05) is 35.1 Å². The van der Waals surface area contributed by atoms with Crippen LogP contribution in [0.3, 0.4) is 0 Å². The fourth-order valence-corrected chi connectivity index (χ4v) is 4.80. The Morgan fingerprint density at radius 3 is 2.33 bits per heavy atom. The van der Waals surface area contributed by atoms with Crippen LogP contribution < -0.4 is 9.80 Å². The van der Waals surface area contributed by atoms with E-state index in [0.717, 1.165) is 69.1 Å². The molecule has 5 nitrogen and oxygen atoms in total. The van der Waals surface area contributed by atoms with Gasteiger partial charge in [-0.2, -0.15) is 0 Å². The van der Waals surface area contributed by atoms with Crippen molar-refractivity contribution in [2.24, 2.45) is 0 Å². The number of aromatic nitrogens is 3. The third kappa shape index (κ3) is 3.09. The summed E-state index contributed by atoms with van der Waals surface area (Å²) >= 11 is 7.81. The number of anilines is 2. The number of para-hydroxylation sites is 2. The third-order valence-corrected chi connectivity index (χ3v) is 6.22. The molecule has 0 bridgehead atoms. The van der Waals surface area contributed by atoms with Crippen molar-refractivity contribution in [1.29, 1.82) is 0 Å². The molecule has 4 aromatic rings. The van der Waals surface area contributed by atoms with Crippen molar-refractivity contribution in [3.05, 3.63) is 53.2 Å². The predicted octanol–water partition coefficient (Wildman–Crippen LogP) is 4.53. The van der Waals surface area contributed by atoms with Crippen LogP contribution in [0.25, 0.3) is 21.3 Å². The molecule has 0 unspecified atom stereocenters. The Morgan fingerprint density at radius 2 is 1.56 bits per heavy atom. The molecule has 0 atom stereocenters. The lowest BCUT2D eigenvalue weighted by Crippen LogP contribution is -2.47. The minimum absolute atomic E-state index is 0.757. The van der Waals surface area contributed by atoms with Crippen LogP contribution >= 0.6 is 22.9 Å². The first kappa shape index (κ1) is 16.7. The summed E-state index contributed by atoms with van der Waals surface area (Å²) in [7, 11) is 0. The van der Waals surface area contributed by atoms with Crippen LogP contribution in [-0.2, 0) is 0 Å². The zero-order valence-electron chi connectivity index (χ0n) is 14.9. The summed E-state index contributed by atoms with van der Waals surface area (Å²) in [4.78, 5) is 19.0. The van der Waals surface area contributed by atoms with Crippen molar-refractivity contribution in [2.45, 2.75) is 6.92 Å². The van der Waals surface area contributed by atoms with Gasteiger partial charge in [-0.15, -0.1) is 0 Å². The van der Waals surface area contributed by atoms with Gasteiger partial charge < -0.3 is 9.80 Å². The van der Waals surface area contributed by atoms with Gasteiger partial charge >= 0.3 is 0 Å². The van der Waals surface area contributed by atoms with E-state index < -0.39 is 0 Å². The Hall–Kier alpha value is -2.44. The molecule has 1 fully saturated rings. The maximum absolute atomic E-state index is 6.10. The first-order valence-corrected chi connectivity index (χ1v) is 10.2. The first-order valence-electron chi connectivity index (χ1n) is 8.97. The Labute approximate surface area is 166 Å². The van der Waals surface area contributed by atoms with Gasteiger partial charge in [-0.3, -0.25) is 0 Å². The standard InChI is InChI=1S/C20H18ClN5S/c1-13-19(23-16-5-3-2-4-15(16)22-13)25-8-10-26(11-9-25)20-24-17-7-6-14(21)12-18(17)27-20/h2-7,12H,8-11H2,1H3. The molecule has 2 aromatic carbocycles. The number of hydrogen-bond acceptors (Lipinski definition) is 6. The molecule has 5 rings (SSSR count). The zero-order chi connectivity index (χ0) is 18.4. The molecule has 0 N–H and O–H groups in total. The molecule has 0 spiro atoms. The van der Waals surface area contributed by atoms with Gasteiger partial charge in [0, 0.05) is 31.2 Å². The van der Waals surface area contributed by atoms with Crippen molar-refractivity contribution in [3.8, 4) is 0 Å². The van der Waals surface area contributed by atoms with Gasteiger partial charge in [0.25, 0.3) is 0 Å². The molecule has 1 saturated heterocycles. The van der Waals surface area contributed by atoms with Crippen LogP contribution in [0.1, 0.15) is 5.69 Å². The van der Waals surface area contributed by atoms with Crippen LogP contribution in [0.15, 0.2) is 42.5 Å². The van der Waals surface area contributed by atoms with E-state index in [1.807, 2.05) is 49.4 Å². The van der Waals surface area contributed by atoms with Gasteiger partial charge in [-0.05, 0) is 37.3 Å². The highest BCUT2D eigenvalue weighted by molar-refractivity contribution is 7.22. The number of thiazole rings is 1. The Balaban J connectivity index is 1.37. The quantitative estimate of drug-likeness (QED) is 0.499. The van der Waals surface area contributed by atoms with E-state index in [9.17, 15) is 0 Å². The second-order valence-corrected chi connectivity index (χ2v) is 8.15. The summed E-state index contributed by atoms with van der Waals surface area (Å²) in [6, 6.07) is 13.9. The third-order valence-electron chi connectivity index (χ3n) is 4.91. The molecule has 27 heavy (non-hydrogen) atoms. The van der Waals surface area contributed by atoms with Crippen molar-refractivity contribution in [3.63, 3.8) is 0 Å². The van der Waals surface area contributed by atoms with Crippen molar-refractivity contribution in [1.82, 2.24) is 15.0 Å². The van der Waals surface area contributed by atoms with E-state index in [1.165, 1.54) is 0 Å². The second-order valence-electron chi connectivity index (χ2n) is 6.70. The van der Waals surface area contributed by atoms with E-state index >= 15 is 0 Å². The molecule has 0 amide bonds. The van der Waals surface area contributed by atoms with Crippen LogP contribution in [0.5, 0.6) is 0 Å². The van der Waals surface area contributed by atoms with E-state index in [2.05, 4.69) is 9.80 Å². The summed E-state index contributed by atoms with van der Waals surface area (Å²) in [5.74, 6) is 0.990. The Bertz CT molecular complexity index is 1130. The molecular formula is C20H18ClN5S. The normalized spacial score (nSPS) is 15.0. The first-order chi connectivity index (χ1) is 13.2. The van der Waals surface area contributed by atoms with Crippen LogP contribution in [-0.4, -0.2) is 41.1 Å². The van der Waals surface area contributed by atoms with Crippen molar-refractivity contribution >= 4 is 55.1 Å². The second kappa shape index (κ2) is 6.62. The monoisotopic (exact) mass is 395 g/mol. The highest BCUT2D eigenvalue weighted by Crippen LogP contribution is 2.31. The summed E-state index contributed by atoms with van der Waals surface area (Å²) in [6.45, 7) is 5.69. The SMILES string of the molecule is Cc1nc2ccccc2nc1N1CCN(c2nc3ccc(Cl)cc3s2)CC1. The number of hydrogen-bond donors (Lipinski definition) is 0. The van der Waals surface area contributed by atoms with Crippen LogP contribution in [0.4, 0.5) is 10.9 Å². The molecule has 2 aromatic heterocycles. The number of rotatable bonds is 2. The smallest absolute Gasteiger partial charge is 0.186 e. The number of aryl methyl sites for hydroxylation is 1. The summed E-state index contributed by atoms with van der Waals surface area (Å²) in [6.07, 6.45) is 0. The Morgan fingerprint density at radius 1 is 0.852 bits per heavy atom. The van der Waals surface area contributed by atoms with Crippen LogP contribution in [0.2, 0.25) is 5.02 Å². The van der Waals surface area contributed by atoms with Crippen LogP contribution in [0, 0.1) is 6.92 Å². The van der Waals surface area contributed by atoms with E-state index in [-0.39, 0.29) is 0 Å². The average molecular weight is 396 g/mol. The number of benzene rings is 2. The highest BCUT2D eigenvalue weighted by Gasteiger charge is 2.22. The molecule has 3 heterocycles. The van der Waals surface area contributed by atoms with Crippen molar-refractivity contribution in [2.75, 3.05) is 36.0 Å². The van der Waals surface area contributed by atoms with Gasteiger partial charge in [-0.25, -0.2) is 15.0 Å². The predicted molar refractivity (Wildman–Crippen MR) is 113 cm³/mol. The van der Waals surface area contributed by atoms with Gasteiger partial charge in [0.1, 0.15) is 0 Å². The maximum Gasteiger partial charge on any atom is 0.186 e. The molecule has 0 saturated carbocycles. The summed E-state index contributed by atoms with van der Waals surface area (Å²) in [5, 5.41) is 1.82. The molecule has 1 aliphatic heterocycles. The van der Waals surface area contributed by atoms with E-state index in [1.54, 1.807) is 11.3 Å². The van der Waals surface area contributed by atoms with Gasteiger partial charge in [0.2, 0.25) is 0 Å². The average Bonchev–Trinajstić information content (AvgIpc) is 3.11. The van der Waals surface area contributed by atoms with Gasteiger partial charge in [0.15, 0.2) is 10.9 Å². The number of halogens is 1. The molecule has 0 aliphatic carbocycles. The molecular weight excluding hydrogens is 378 g/mol. The van der Waals surface area contributed by atoms with E-state index in [4.69, 9.17) is 26.6 Å². The zero-order valence-corrected chi connectivity index (χ0v) is 16.5. The largest absolute Gasteiger partial charge is 0.352 e. The minimum atomic E-state index is 0.757. The summed E-state index contributed by atoms with van der Waals surface area (Å²) < 4.78 is 1.14. The van der Waals surface area contributed by atoms with Gasteiger partial charge in [0.05, 0.1) is 26.9 Å². The molecule has 7 heteroatoms. The van der Waals surface area contributed by atoms with Crippen molar-refractivity contribution < 1.29 is 0 Å². The lowest BCUT2D eigenvalue weighted by Gasteiger charge is -2.35. The fraction of sp³-hybridized carbons (Fsp3) is 0.250. The number of nitrogens with zero attached hydrogens (tertiary/aromatic N) is 5. The number of fused-ring (bicyclic) bond motifs is 2.